The van der Waals surface area contributed by atoms with Crippen molar-refractivity contribution in [3.63, 3.8) is 0 Å². The number of carbonyl (C=O) groups is 1. The largest absolute Gasteiger partial charge is 0.465 e. The molecule has 6 heteroatoms. The lowest BCUT2D eigenvalue weighted by Gasteiger charge is -2.40. The van der Waals surface area contributed by atoms with Crippen LogP contribution in [0, 0.1) is 11.3 Å². The summed E-state index contributed by atoms with van der Waals surface area (Å²) in [7, 11) is 0. The normalized spacial score (nSPS) is 13.1. The fraction of sp³-hybridized carbons (Fsp3) is 0.969. The Hall–Kier alpha value is -0.300. The summed E-state index contributed by atoms with van der Waals surface area (Å²) in [5.74, 6) is -0.867. The molecule has 0 rings (SSSR count). The minimum absolute atomic E-state index is 0.182. The molecule has 5 nitrogen and oxygen atoms in total. The Labute approximate surface area is 241 Å². The smallest absolute Gasteiger partial charge is 0.310 e. The first-order valence-electron chi connectivity index (χ1n) is 16.1. The van der Waals surface area contributed by atoms with Gasteiger partial charge in [0.15, 0.2) is 0 Å². The van der Waals surface area contributed by atoms with E-state index < -0.39 is 16.1 Å². The molecule has 0 aromatic carbocycles. The van der Waals surface area contributed by atoms with E-state index in [0.717, 1.165) is 57.8 Å². The topological polar surface area (TPSA) is 87.0 Å². The Morgan fingerprint density at radius 2 is 1.00 bits per heavy atom. The summed E-state index contributed by atoms with van der Waals surface area (Å²) in [5.41, 5.74) is -1.12. The molecule has 0 aromatic heterocycles. The van der Waals surface area contributed by atoms with Crippen molar-refractivity contribution in [3.8, 4) is 0 Å². The van der Waals surface area contributed by atoms with Crippen LogP contribution in [0.5, 0.6) is 0 Å². The zero-order chi connectivity index (χ0) is 28.5. The zero-order valence-corrected chi connectivity index (χ0v) is 26.3. The highest BCUT2D eigenvalue weighted by molar-refractivity contribution is 7.81. The predicted octanol–water partition coefficient (Wildman–Crippen LogP) is 8.03. The number of thiol groups is 1. The number of hydrogen-bond acceptors (Lipinski definition) is 6. The van der Waals surface area contributed by atoms with Crippen LogP contribution in [-0.2, 0) is 9.53 Å². The molecule has 0 aliphatic carbocycles. The Bertz CT molecular complexity index is 514. The summed E-state index contributed by atoms with van der Waals surface area (Å²) >= 11 is 5.22. The Balaban J connectivity index is 5.51. The summed E-state index contributed by atoms with van der Waals surface area (Å²) in [6.07, 6.45) is 22.5. The van der Waals surface area contributed by atoms with Crippen LogP contribution >= 0.6 is 12.6 Å². The highest BCUT2D eigenvalue weighted by Gasteiger charge is 2.45. The first-order valence-corrected chi connectivity index (χ1v) is 16.5. The van der Waals surface area contributed by atoms with Gasteiger partial charge in [-0.3, -0.25) is 4.79 Å². The molecule has 3 N–H and O–H groups in total. The minimum Gasteiger partial charge on any atom is -0.465 e. The van der Waals surface area contributed by atoms with Gasteiger partial charge in [0.25, 0.3) is 0 Å². The van der Waals surface area contributed by atoms with Gasteiger partial charge in [-0.25, -0.2) is 0 Å². The highest BCUT2D eigenvalue weighted by Crippen LogP contribution is 2.43. The molecule has 0 radical (unpaired) electrons. The van der Waals surface area contributed by atoms with Crippen LogP contribution in [0.2, 0.25) is 0 Å². The van der Waals surface area contributed by atoms with Crippen molar-refractivity contribution in [3.05, 3.63) is 0 Å². The van der Waals surface area contributed by atoms with Crippen LogP contribution in [-0.4, -0.2) is 52.5 Å². The molecule has 0 aromatic rings. The highest BCUT2D eigenvalue weighted by atomic mass is 32.1. The predicted molar refractivity (Wildman–Crippen MR) is 164 cm³/mol. The van der Waals surface area contributed by atoms with Crippen molar-refractivity contribution in [1.29, 1.82) is 0 Å². The Morgan fingerprint density at radius 3 is 1.39 bits per heavy atom. The first kappa shape index (κ1) is 37.7. The molecule has 228 valence electrons. The summed E-state index contributed by atoms with van der Waals surface area (Å²) in [5, 5.41) is 30.3. The monoisotopic (exact) mass is 560 g/mol. The van der Waals surface area contributed by atoms with E-state index in [1.807, 2.05) is 0 Å². The van der Waals surface area contributed by atoms with E-state index in [1.54, 1.807) is 0 Å². The maximum absolute atomic E-state index is 13.6. The van der Waals surface area contributed by atoms with Gasteiger partial charge in [-0.2, -0.15) is 12.6 Å². The molecule has 0 aliphatic heterocycles. The fourth-order valence-electron chi connectivity index (χ4n) is 5.32. The lowest BCUT2D eigenvalue weighted by atomic mass is 9.72. The van der Waals surface area contributed by atoms with Gasteiger partial charge in [0.2, 0.25) is 0 Å². The number of hydrogen-bond donors (Lipinski definition) is 4. The van der Waals surface area contributed by atoms with Crippen molar-refractivity contribution in [1.82, 2.24) is 0 Å². The quantitative estimate of drug-likeness (QED) is 0.0442. The van der Waals surface area contributed by atoms with Gasteiger partial charge in [-0.1, -0.05) is 130 Å². The van der Waals surface area contributed by atoms with Crippen LogP contribution in [0.3, 0.4) is 0 Å². The van der Waals surface area contributed by atoms with Gasteiger partial charge in [0.1, 0.15) is 0 Å². The number of carbonyl (C=O) groups excluding carboxylic acids is 1. The fourth-order valence-corrected chi connectivity index (χ4v) is 5.83. The van der Waals surface area contributed by atoms with Crippen LogP contribution in [0.25, 0.3) is 0 Å². The van der Waals surface area contributed by atoms with Crippen LogP contribution in [0.4, 0.5) is 0 Å². The molecule has 38 heavy (non-hydrogen) atoms. The third-order valence-electron chi connectivity index (χ3n) is 8.25. The van der Waals surface area contributed by atoms with E-state index in [9.17, 15) is 20.1 Å². The van der Waals surface area contributed by atoms with Crippen LogP contribution in [0.15, 0.2) is 0 Å². The third-order valence-corrected chi connectivity index (χ3v) is 9.00. The molecule has 0 spiro atoms. The lowest BCUT2D eigenvalue weighted by Crippen LogP contribution is -2.46. The van der Waals surface area contributed by atoms with Crippen molar-refractivity contribution >= 4 is 18.6 Å². The summed E-state index contributed by atoms with van der Waals surface area (Å²) in [6, 6.07) is 0. The molecule has 0 saturated heterocycles. The van der Waals surface area contributed by atoms with Crippen LogP contribution in [0.1, 0.15) is 156 Å². The molecular formula is C32H64O5S. The molecule has 0 bridgehead atoms. The van der Waals surface area contributed by atoms with Gasteiger partial charge < -0.3 is 20.1 Å². The molecule has 0 aliphatic rings. The maximum Gasteiger partial charge on any atom is 0.310 e. The average Bonchev–Trinajstić information content (AvgIpc) is 2.93. The maximum atomic E-state index is 13.6. The second-order valence-electron chi connectivity index (χ2n) is 11.8. The van der Waals surface area contributed by atoms with Crippen molar-refractivity contribution in [2.75, 3.05) is 26.4 Å². The molecule has 1 unspecified atom stereocenters. The lowest BCUT2D eigenvalue weighted by molar-refractivity contribution is -0.153. The third kappa shape index (κ3) is 16.7. The van der Waals surface area contributed by atoms with Crippen molar-refractivity contribution in [2.45, 2.75) is 160 Å². The van der Waals surface area contributed by atoms with E-state index in [-0.39, 0.29) is 32.2 Å². The summed E-state index contributed by atoms with van der Waals surface area (Å²) < 4.78 is 5.24. The second-order valence-corrected chi connectivity index (χ2v) is 12.7. The summed E-state index contributed by atoms with van der Waals surface area (Å²) in [4.78, 5) is 13.6. The molecular weight excluding hydrogens is 496 g/mol. The second kappa shape index (κ2) is 24.5. The Morgan fingerprint density at radius 1 is 0.632 bits per heavy atom. The van der Waals surface area contributed by atoms with Gasteiger partial charge >= 0.3 is 5.97 Å². The van der Waals surface area contributed by atoms with E-state index >= 15 is 0 Å². The zero-order valence-electron chi connectivity index (χ0n) is 25.4. The van der Waals surface area contributed by atoms with Gasteiger partial charge in [-0.05, 0) is 25.7 Å². The number of aliphatic hydroxyl groups is 3. The molecule has 0 heterocycles. The molecule has 0 fully saturated rings. The van der Waals surface area contributed by atoms with E-state index in [4.69, 9.17) is 17.4 Å². The number of aliphatic hydroxyl groups excluding tert-OH is 3. The standard InChI is InChI=1S/C32H64O5S/c1-4-7-10-13-16-19-22-32(38,23-20-17-14-11-8-5-2)29(25-31(26-33,27-34)28-35)30(36)37-24-21-18-15-12-9-6-3/h29,33-35,38H,4-28H2,1-3H3. The van der Waals surface area contributed by atoms with Gasteiger partial charge in [0, 0.05) is 10.2 Å². The average molecular weight is 561 g/mol. The number of ether oxygens (including phenoxy) is 1. The molecule has 0 saturated carbocycles. The first-order chi connectivity index (χ1) is 18.4. The summed E-state index contributed by atoms with van der Waals surface area (Å²) in [6.45, 7) is 5.90. The van der Waals surface area contributed by atoms with E-state index in [0.29, 0.717) is 6.61 Å². The minimum atomic E-state index is -1.12. The molecule has 1 atom stereocenters. The van der Waals surface area contributed by atoms with Crippen molar-refractivity contribution < 1.29 is 24.9 Å². The molecule has 0 amide bonds. The van der Waals surface area contributed by atoms with Crippen LogP contribution < -0.4 is 0 Å². The number of unbranched alkanes of at least 4 members (excludes halogenated alkanes) is 15. The Kier molecular flexibility index (Phi) is 24.3. The SMILES string of the molecule is CCCCCCCCOC(=O)C(CC(CO)(CO)CO)C(S)(CCCCCCCC)CCCCCCCC. The van der Waals surface area contributed by atoms with E-state index in [2.05, 4.69) is 20.8 Å². The van der Waals surface area contributed by atoms with Crippen molar-refractivity contribution in [2.24, 2.45) is 11.3 Å². The van der Waals surface area contributed by atoms with Gasteiger partial charge in [-0.15, -0.1) is 0 Å². The van der Waals surface area contributed by atoms with E-state index in [1.165, 1.54) is 70.6 Å². The number of esters is 1. The van der Waals surface area contributed by atoms with Gasteiger partial charge in [0.05, 0.1) is 32.3 Å². The number of rotatable bonds is 28.